The van der Waals surface area contributed by atoms with Gasteiger partial charge in [0.05, 0.1) is 0 Å². The number of rotatable bonds is 0. The van der Waals surface area contributed by atoms with Crippen LogP contribution in [0.15, 0.2) is 0 Å². The molecule has 0 spiro atoms. The van der Waals surface area contributed by atoms with Crippen molar-refractivity contribution >= 4 is 11.9 Å². The van der Waals surface area contributed by atoms with Crippen LogP contribution >= 0.6 is 11.9 Å². The molecule has 0 aliphatic carbocycles. The molecule has 3 nitrogen and oxygen atoms in total. The SMILES string of the molecule is C1CCOCC1.C1CSNN1. The lowest BCUT2D eigenvalue weighted by molar-refractivity contribution is 0.0968. The van der Waals surface area contributed by atoms with Crippen LogP contribution in [0.2, 0.25) is 0 Å². The van der Waals surface area contributed by atoms with Gasteiger partial charge in [0.2, 0.25) is 0 Å². The average Bonchev–Trinajstić information content (AvgIpc) is 2.64. The van der Waals surface area contributed by atoms with Crippen molar-refractivity contribution in [2.45, 2.75) is 19.3 Å². The van der Waals surface area contributed by atoms with E-state index in [0.717, 1.165) is 19.8 Å². The van der Waals surface area contributed by atoms with Crippen LogP contribution in [0.5, 0.6) is 0 Å². The fraction of sp³-hybridized carbons (Fsp3) is 1.00. The summed E-state index contributed by atoms with van der Waals surface area (Å²) in [6, 6.07) is 0. The number of ether oxygens (including phenoxy) is 1. The third-order valence-corrected chi connectivity index (χ3v) is 2.25. The van der Waals surface area contributed by atoms with E-state index in [9.17, 15) is 0 Å². The van der Waals surface area contributed by atoms with Crippen LogP contribution in [0.3, 0.4) is 0 Å². The van der Waals surface area contributed by atoms with Crippen LogP contribution < -0.4 is 10.3 Å². The maximum absolute atomic E-state index is 5.07. The Bertz CT molecular complexity index is 65.4. The van der Waals surface area contributed by atoms with Gasteiger partial charge >= 0.3 is 0 Å². The van der Waals surface area contributed by atoms with Gasteiger partial charge in [0.1, 0.15) is 0 Å². The van der Waals surface area contributed by atoms with Crippen LogP contribution in [0.1, 0.15) is 19.3 Å². The molecule has 2 fully saturated rings. The Labute approximate surface area is 72.4 Å². The largest absolute Gasteiger partial charge is 0.381 e. The van der Waals surface area contributed by atoms with Crippen molar-refractivity contribution in [3.8, 4) is 0 Å². The Morgan fingerprint density at radius 3 is 2.09 bits per heavy atom. The first-order valence-electron chi connectivity index (χ1n) is 4.17. The Kier molecular flexibility index (Phi) is 5.85. The van der Waals surface area contributed by atoms with E-state index in [-0.39, 0.29) is 0 Å². The molecule has 2 saturated heterocycles. The zero-order valence-corrected chi connectivity index (χ0v) is 7.58. The topological polar surface area (TPSA) is 33.3 Å². The van der Waals surface area contributed by atoms with Crippen LogP contribution in [-0.2, 0) is 4.74 Å². The third kappa shape index (κ3) is 5.49. The fourth-order valence-electron chi connectivity index (χ4n) is 0.942. The summed E-state index contributed by atoms with van der Waals surface area (Å²) in [5.41, 5.74) is 2.94. The smallest absolute Gasteiger partial charge is 0.0466 e. The minimum atomic E-state index is 1.00. The molecule has 0 aromatic carbocycles. The van der Waals surface area contributed by atoms with Crippen molar-refractivity contribution < 1.29 is 4.74 Å². The molecule has 66 valence electrons. The second kappa shape index (κ2) is 6.91. The van der Waals surface area contributed by atoms with Gasteiger partial charge in [-0.25, -0.2) is 10.3 Å². The van der Waals surface area contributed by atoms with Crippen LogP contribution in [0, 0.1) is 0 Å². The van der Waals surface area contributed by atoms with Crippen molar-refractivity contribution in [1.29, 1.82) is 0 Å². The lowest BCUT2D eigenvalue weighted by atomic mass is 10.2. The summed E-state index contributed by atoms with van der Waals surface area (Å²) in [6.07, 6.45) is 3.93. The molecule has 0 saturated carbocycles. The maximum atomic E-state index is 5.07. The molecule has 0 radical (unpaired) electrons. The minimum Gasteiger partial charge on any atom is -0.381 e. The van der Waals surface area contributed by atoms with Crippen molar-refractivity contribution in [3.63, 3.8) is 0 Å². The Morgan fingerprint density at radius 1 is 1.09 bits per heavy atom. The highest BCUT2D eigenvalue weighted by Crippen LogP contribution is 2.02. The van der Waals surface area contributed by atoms with Gasteiger partial charge in [-0.3, -0.25) is 0 Å². The summed E-state index contributed by atoms with van der Waals surface area (Å²) in [6.45, 7) is 3.10. The van der Waals surface area contributed by atoms with Gasteiger partial charge in [-0.05, 0) is 19.3 Å². The van der Waals surface area contributed by atoms with Gasteiger partial charge in [-0.15, -0.1) is 0 Å². The van der Waals surface area contributed by atoms with Crippen molar-refractivity contribution in [3.05, 3.63) is 0 Å². The van der Waals surface area contributed by atoms with Gasteiger partial charge in [0, 0.05) is 25.5 Å². The second-order valence-corrected chi connectivity index (χ2v) is 3.45. The summed E-state index contributed by atoms with van der Waals surface area (Å²) in [7, 11) is 0. The van der Waals surface area contributed by atoms with Crippen molar-refractivity contribution in [2.75, 3.05) is 25.5 Å². The molecule has 0 aromatic heterocycles. The summed E-state index contributed by atoms with van der Waals surface area (Å²) in [4.78, 5) is 2.89. The standard InChI is InChI=1S/C5H10O.C2H6N2S/c1-2-4-6-5-3-1;1-2-5-4-3-1/h1-5H2;3-4H,1-2H2. The molecule has 0 atom stereocenters. The Balaban J connectivity index is 0.000000112. The minimum absolute atomic E-state index is 1.00. The van der Waals surface area contributed by atoms with E-state index >= 15 is 0 Å². The lowest BCUT2D eigenvalue weighted by Crippen LogP contribution is -2.16. The number of hydrogen-bond acceptors (Lipinski definition) is 4. The summed E-state index contributed by atoms with van der Waals surface area (Å²) >= 11 is 1.71. The zero-order chi connectivity index (χ0) is 7.78. The molecule has 2 rings (SSSR count). The van der Waals surface area contributed by atoms with Gasteiger partial charge in [0.15, 0.2) is 0 Å². The lowest BCUT2D eigenvalue weighted by Gasteiger charge is -2.08. The van der Waals surface area contributed by atoms with E-state index in [1.807, 2.05) is 0 Å². The molecule has 2 aliphatic heterocycles. The normalized spacial score (nSPS) is 24.0. The molecule has 4 heteroatoms. The van der Waals surface area contributed by atoms with Gasteiger partial charge in [-0.2, -0.15) is 0 Å². The number of hydrazine groups is 1. The monoisotopic (exact) mass is 176 g/mol. The zero-order valence-electron chi connectivity index (χ0n) is 6.77. The molecule has 2 N–H and O–H groups in total. The van der Waals surface area contributed by atoms with Crippen LogP contribution in [0.25, 0.3) is 0 Å². The van der Waals surface area contributed by atoms with Gasteiger partial charge in [-0.1, -0.05) is 11.9 Å². The molecule has 11 heavy (non-hydrogen) atoms. The highest BCUT2D eigenvalue weighted by atomic mass is 32.2. The van der Waals surface area contributed by atoms with E-state index in [1.165, 1.54) is 25.0 Å². The van der Waals surface area contributed by atoms with Gasteiger partial charge < -0.3 is 4.74 Å². The molecule has 0 unspecified atom stereocenters. The average molecular weight is 176 g/mol. The molecule has 2 aliphatic rings. The van der Waals surface area contributed by atoms with E-state index in [0.29, 0.717) is 0 Å². The number of nitrogens with one attached hydrogen (secondary N) is 2. The highest BCUT2D eigenvalue weighted by molar-refractivity contribution is 7.97. The predicted octanol–water partition coefficient (Wildman–Crippen LogP) is 0.929. The molecule has 0 amide bonds. The fourth-order valence-corrected chi connectivity index (χ4v) is 1.45. The van der Waals surface area contributed by atoms with E-state index < -0.39 is 0 Å². The summed E-state index contributed by atoms with van der Waals surface area (Å²) in [5.74, 6) is 1.19. The summed E-state index contributed by atoms with van der Waals surface area (Å²) in [5, 5.41) is 0. The number of hydrogen-bond donors (Lipinski definition) is 2. The van der Waals surface area contributed by atoms with Crippen LogP contribution in [-0.4, -0.2) is 25.5 Å². The molecular weight excluding hydrogens is 160 g/mol. The molecule has 2 heterocycles. The van der Waals surface area contributed by atoms with Gasteiger partial charge in [0.25, 0.3) is 0 Å². The second-order valence-electron chi connectivity index (χ2n) is 2.55. The predicted molar refractivity (Wildman–Crippen MR) is 48.3 cm³/mol. The summed E-state index contributed by atoms with van der Waals surface area (Å²) < 4.78 is 5.07. The van der Waals surface area contributed by atoms with Crippen LogP contribution in [0.4, 0.5) is 0 Å². The molecule has 0 bridgehead atoms. The Hall–Kier alpha value is 0.230. The highest BCUT2D eigenvalue weighted by Gasteiger charge is 1.95. The van der Waals surface area contributed by atoms with E-state index in [2.05, 4.69) is 10.3 Å². The first-order valence-corrected chi connectivity index (χ1v) is 5.16. The van der Waals surface area contributed by atoms with E-state index in [4.69, 9.17) is 4.74 Å². The van der Waals surface area contributed by atoms with E-state index in [1.54, 1.807) is 11.9 Å². The van der Waals surface area contributed by atoms with Crippen molar-refractivity contribution in [2.24, 2.45) is 0 Å². The molecule has 0 aromatic rings. The van der Waals surface area contributed by atoms with Crippen molar-refractivity contribution in [1.82, 2.24) is 10.3 Å². The Morgan fingerprint density at radius 2 is 1.91 bits per heavy atom. The quantitative estimate of drug-likeness (QED) is 0.538. The third-order valence-electron chi connectivity index (χ3n) is 1.55. The first-order chi connectivity index (χ1) is 5.50. The maximum Gasteiger partial charge on any atom is 0.0466 e. The first kappa shape index (κ1) is 9.32. The molecular formula is C7H16N2OS.